The van der Waals surface area contributed by atoms with E-state index in [-0.39, 0.29) is 11.7 Å². The van der Waals surface area contributed by atoms with Gasteiger partial charge in [0, 0.05) is 18.2 Å². The maximum Gasteiger partial charge on any atom is 0.315 e. The summed E-state index contributed by atoms with van der Waals surface area (Å²) in [6.07, 6.45) is 2.15. The fourth-order valence-corrected chi connectivity index (χ4v) is 2.60. The van der Waals surface area contributed by atoms with Gasteiger partial charge in [0.05, 0.1) is 17.6 Å². The Morgan fingerprint density at radius 2 is 1.96 bits per heavy atom. The van der Waals surface area contributed by atoms with Gasteiger partial charge in [-0.25, -0.2) is 4.79 Å². The molecule has 1 aromatic rings. The fraction of sp³-hybridized carbons (Fsp3) is 0.562. The van der Waals surface area contributed by atoms with Crippen LogP contribution in [-0.2, 0) is 0 Å². The Hall–Kier alpha value is -2.19. The van der Waals surface area contributed by atoms with Gasteiger partial charge in [-0.05, 0) is 37.0 Å². The normalized spacial score (nSPS) is 17.6. The van der Waals surface area contributed by atoms with Gasteiger partial charge < -0.3 is 20.8 Å². The van der Waals surface area contributed by atoms with Crippen LogP contribution < -0.4 is 10.6 Å². The lowest BCUT2D eigenvalue weighted by Gasteiger charge is -2.24. The number of aliphatic hydroxyl groups is 2. The summed E-state index contributed by atoms with van der Waals surface area (Å²) in [5.41, 5.74) is 0.289. The number of benzene rings is 1. The number of nitro benzene ring substituents is 1. The van der Waals surface area contributed by atoms with E-state index in [4.69, 9.17) is 0 Å². The van der Waals surface area contributed by atoms with Gasteiger partial charge in [-0.2, -0.15) is 0 Å². The van der Waals surface area contributed by atoms with Gasteiger partial charge in [0.2, 0.25) is 0 Å². The summed E-state index contributed by atoms with van der Waals surface area (Å²) in [5.74, 6) is 0.680. The zero-order chi connectivity index (χ0) is 17.7. The largest absolute Gasteiger partial charge is 0.394 e. The van der Waals surface area contributed by atoms with Crippen LogP contribution in [0.15, 0.2) is 24.3 Å². The van der Waals surface area contributed by atoms with Gasteiger partial charge in [0.1, 0.15) is 6.10 Å². The Morgan fingerprint density at radius 1 is 1.33 bits per heavy atom. The molecular formula is C16H23N3O5. The minimum Gasteiger partial charge on any atom is -0.394 e. The molecule has 0 unspecified atom stereocenters. The third kappa shape index (κ3) is 5.17. The van der Waals surface area contributed by atoms with Crippen LogP contribution in [-0.4, -0.2) is 39.9 Å². The second kappa shape index (κ2) is 8.07. The highest BCUT2D eigenvalue weighted by Crippen LogP contribution is 2.33. The van der Waals surface area contributed by atoms with E-state index in [9.17, 15) is 25.1 Å². The number of nitro groups is 1. The number of carbonyl (C=O) groups is 1. The number of nitrogens with one attached hydrogen (secondary N) is 2. The molecule has 0 aromatic heterocycles. The Kier molecular flexibility index (Phi) is 6.10. The maximum atomic E-state index is 12.0. The molecule has 4 N–H and O–H groups in total. The predicted molar refractivity (Wildman–Crippen MR) is 87.4 cm³/mol. The number of hydrogen-bond acceptors (Lipinski definition) is 5. The zero-order valence-corrected chi connectivity index (χ0v) is 13.5. The summed E-state index contributed by atoms with van der Waals surface area (Å²) in [6, 6.07) is 4.01. The Balaban J connectivity index is 1.90. The minimum absolute atomic E-state index is 0.0216. The van der Waals surface area contributed by atoms with Gasteiger partial charge in [-0.1, -0.05) is 12.8 Å². The zero-order valence-electron chi connectivity index (χ0n) is 13.5. The predicted octanol–water partition coefficient (Wildman–Crippen LogP) is 1.48. The van der Waals surface area contributed by atoms with Crippen LogP contribution >= 0.6 is 0 Å². The van der Waals surface area contributed by atoms with Crippen molar-refractivity contribution in [2.45, 2.75) is 44.4 Å². The van der Waals surface area contributed by atoms with Crippen molar-refractivity contribution in [2.24, 2.45) is 5.92 Å². The number of rotatable bonds is 8. The molecule has 0 radical (unpaired) electrons. The van der Waals surface area contributed by atoms with E-state index in [1.165, 1.54) is 37.1 Å². The summed E-state index contributed by atoms with van der Waals surface area (Å²) < 4.78 is 0. The molecule has 3 atom stereocenters. The number of hydrogen-bond donors (Lipinski definition) is 4. The van der Waals surface area contributed by atoms with E-state index in [1.807, 2.05) is 6.92 Å². The van der Waals surface area contributed by atoms with E-state index in [2.05, 4.69) is 10.6 Å². The second-order valence-corrected chi connectivity index (χ2v) is 6.28. The first-order valence-corrected chi connectivity index (χ1v) is 8.01. The molecule has 0 aliphatic heterocycles. The lowest BCUT2D eigenvalue weighted by molar-refractivity contribution is -0.384. The molecule has 0 bridgehead atoms. The first-order chi connectivity index (χ1) is 11.4. The molecule has 0 heterocycles. The smallest absolute Gasteiger partial charge is 0.315 e. The van der Waals surface area contributed by atoms with Gasteiger partial charge in [-0.3, -0.25) is 10.1 Å². The first kappa shape index (κ1) is 18.2. The highest BCUT2D eigenvalue weighted by atomic mass is 16.6. The van der Waals surface area contributed by atoms with Crippen molar-refractivity contribution in [3.05, 3.63) is 39.9 Å². The molecule has 0 spiro atoms. The molecule has 2 amide bonds. The maximum absolute atomic E-state index is 12.0. The molecule has 1 aliphatic carbocycles. The summed E-state index contributed by atoms with van der Waals surface area (Å²) >= 11 is 0. The monoisotopic (exact) mass is 337 g/mol. The van der Waals surface area contributed by atoms with Crippen molar-refractivity contribution in [3.8, 4) is 0 Å². The number of nitrogens with zero attached hydrogens (tertiary/aromatic N) is 1. The molecule has 2 rings (SSSR count). The van der Waals surface area contributed by atoms with Crippen LogP contribution in [0.4, 0.5) is 10.5 Å². The number of urea groups is 1. The first-order valence-electron chi connectivity index (χ1n) is 8.01. The molecular weight excluding hydrogens is 314 g/mol. The molecule has 132 valence electrons. The van der Waals surface area contributed by atoms with E-state index >= 15 is 0 Å². The lowest BCUT2D eigenvalue weighted by atomic mass is 10.0. The third-order valence-corrected chi connectivity index (χ3v) is 4.10. The topological polar surface area (TPSA) is 125 Å². The number of carbonyl (C=O) groups excluding carboxylic acids is 1. The fourth-order valence-electron chi connectivity index (χ4n) is 2.60. The third-order valence-electron chi connectivity index (χ3n) is 4.10. The van der Waals surface area contributed by atoms with Crippen molar-refractivity contribution >= 4 is 11.7 Å². The van der Waals surface area contributed by atoms with E-state index in [0.717, 1.165) is 6.42 Å². The van der Waals surface area contributed by atoms with Crippen LogP contribution in [0.2, 0.25) is 0 Å². The Bertz CT molecular complexity index is 574. The van der Waals surface area contributed by atoms with Gasteiger partial charge >= 0.3 is 6.03 Å². The Morgan fingerprint density at radius 3 is 2.46 bits per heavy atom. The summed E-state index contributed by atoms with van der Waals surface area (Å²) in [6.45, 7) is 1.46. The van der Waals surface area contributed by atoms with Crippen molar-refractivity contribution in [1.29, 1.82) is 0 Å². The average molecular weight is 337 g/mol. The molecule has 8 heteroatoms. The van der Waals surface area contributed by atoms with Crippen LogP contribution in [0.3, 0.4) is 0 Å². The second-order valence-electron chi connectivity index (χ2n) is 6.28. The van der Waals surface area contributed by atoms with Crippen molar-refractivity contribution in [3.63, 3.8) is 0 Å². The highest BCUT2D eigenvalue weighted by Gasteiger charge is 2.26. The summed E-state index contributed by atoms with van der Waals surface area (Å²) in [7, 11) is 0. The molecule has 1 aromatic carbocycles. The quantitative estimate of drug-likeness (QED) is 0.422. The van der Waals surface area contributed by atoms with Crippen molar-refractivity contribution in [1.82, 2.24) is 10.6 Å². The Labute approximate surface area is 140 Å². The molecule has 1 aliphatic rings. The SMILES string of the molecule is C[C@H](CC1CC1)NC(=O)N[C@@H](CO)[C@@H](O)c1ccc([N+](=O)[O-])cc1. The average Bonchev–Trinajstić information content (AvgIpc) is 3.35. The van der Waals surface area contributed by atoms with Crippen LogP contribution in [0.5, 0.6) is 0 Å². The van der Waals surface area contributed by atoms with E-state index in [1.54, 1.807) is 0 Å². The minimum atomic E-state index is -1.17. The van der Waals surface area contributed by atoms with Gasteiger partial charge in [0.25, 0.3) is 5.69 Å². The lowest BCUT2D eigenvalue weighted by Crippen LogP contribution is -2.49. The summed E-state index contributed by atoms with van der Waals surface area (Å²) in [5, 5.41) is 35.7. The van der Waals surface area contributed by atoms with Crippen molar-refractivity contribution in [2.75, 3.05) is 6.61 Å². The van der Waals surface area contributed by atoms with Crippen LogP contribution in [0.25, 0.3) is 0 Å². The van der Waals surface area contributed by atoms with Crippen molar-refractivity contribution < 1.29 is 19.9 Å². The number of amides is 2. The highest BCUT2D eigenvalue weighted by molar-refractivity contribution is 5.74. The summed E-state index contributed by atoms with van der Waals surface area (Å²) in [4.78, 5) is 22.1. The number of non-ortho nitro benzene ring substituents is 1. The van der Waals surface area contributed by atoms with Gasteiger partial charge in [-0.15, -0.1) is 0 Å². The van der Waals surface area contributed by atoms with E-state index in [0.29, 0.717) is 11.5 Å². The molecule has 1 saturated carbocycles. The molecule has 0 saturated heterocycles. The van der Waals surface area contributed by atoms with Crippen LogP contribution in [0.1, 0.15) is 37.9 Å². The van der Waals surface area contributed by atoms with Gasteiger partial charge in [0.15, 0.2) is 0 Å². The molecule has 24 heavy (non-hydrogen) atoms. The molecule has 1 fully saturated rings. The standard InChI is InChI=1S/C16H23N3O5/c1-10(8-11-2-3-11)17-16(22)18-14(9-20)15(21)12-4-6-13(7-5-12)19(23)24/h4-7,10-11,14-15,20-21H,2-3,8-9H2,1H3,(H2,17,18,22)/t10-,14+,15+/m1/s1. The van der Waals surface area contributed by atoms with E-state index < -0.39 is 29.7 Å². The number of aliphatic hydroxyl groups excluding tert-OH is 2. The molecule has 8 nitrogen and oxygen atoms in total. The van der Waals surface area contributed by atoms with Crippen LogP contribution in [0, 0.1) is 16.0 Å².